The van der Waals surface area contributed by atoms with Crippen molar-refractivity contribution in [1.82, 2.24) is 20.2 Å². The minimum atomic E-state index is -0.703. The third kappa shape index (κ3) is 9.49. The summed E-state index contributed by atoms with van der Waals surface area (Å²) in [6.45, 7) is 13.8. The van der Waals surface area contributed by atoms with Gasteiger partial charge in [0.2, 0.25) is 5.95 Å². The molecule has 3 heterocycles. The number of nitrogens with two attached hydrogens (primary N) is 1. The molecule has 46 heavy (non-hydrogen) atoms. The summed E-state index contributed by atoms with van der Waals surface area (Å²) in [4.78, 5) is 41.6. The fraction of sp³-hybridized carbons (Fsp3) is 0.606. The van der Waals surface area contributed by atoms with E-state index in [2.05, 4.69) is 27.2 Å². The van der Waals surface area contributed by atoms with Crippen molar-refractivity contribution in [3.8, 4) is 5.75 Å². The van der Waals surface area contributed by atoms with E-state index < -0.39 is 35.3 Å². The fourth-order valence-corrected chi connectivity index (χ4v) is 5.81. The predicted octanol–water partition coefficient (Wildman–Crippen LogP) is 5.50. The Morgan fingerprint density at radius 3 is 2.39 bits per heavy atom. The number of hydrogen-bond acceptors (Lipinski definition) is 7. The van der Waals surface area contributed by atoms with Gasteiger partial charge in [-0.05, 0) is 63.5 Å². The number of carbonyl (C=O) groups is 2. The maximum atomic E-state index is 14.8. The summed E-state index contributed by atoms with van der Waals surface area (Å²) >= 11 is 0. The first-order chi connectivity index (χ1) is 21.7. The van der Waals surface area contributed by atoms with Crippen molar-refractivity contribution in [1.29, 1.82) is 0 Å². The molecule has 13 heteroatoms. The van der Waals surface area contributed by atoms with Crippen LogP contribution in [0.25, 0.3) is 0 Å². The third-order valence-electron chi connectivity index (χ3n) is 8.55. The number of piperidine rings is 1. The van der Waals surface area contributed by atoms with E-state index in [0.717, 1.165) is 25.3 Å². The molecule has 3 N–H and O–H groups in total. The van der Waals surface area contributed by atoms with Crippen LogP contribution in [0.4, 0.5) is 24.3 Å². The lowest BCUT2D eigenvalue weighted by Gasteiger charge is -2.34. The molecule has 0 spiro atoms. The molecule has 11 nitrogen and oxygen atoms in total. The smallest absolute Gasteiger partial charge is 0.407 e. The number of rotatable bonds is 9. The van der Waals surface area contributed by atoms with E-state index in [1.165, 1.54) is 12.1 Å². The van der Waals surface area contributed by atoms with E-state index in [0.29, 0.717) is 67.7 Å². The molecule has 2 aromatic rings. The Morgan fingerprint density at radius 2 is 1.78 bits per heavy atom. The fourth-order valence-electron chi connectivity index (χ4n) is 5.81. The van der Waals surface area contributed by atoms with Gasteiger partial charge in [-0.3, -0.25) is 0 Å². The molecule has 3 atom stereocenters. The molecular weight excluding hydrogens is 596 g/mol. The Bertz CT molecular complexity index is 1380. The minimum absolute atomic E-state index is 0.0370. The highest BCUT2D eigenvalue weighted by Gasteiger charge is 2.38. The molecule has 1 aromatic heterocycles. The zero-order valence-electron chi connectivity index (χ0n) is 27.6. The Morgan fingerprint density at radius 1 is 1.11 bits per heavy atom. The number of aliphatic imine (C=N–C) groups is 1. The maximum absolute atomic E-state index is 14.8. The highest BCUT2D eigenvalue weighted by molar-refractivity contribution is 5.93. The second-order valence-corrected chi connectivity index (χ2v) is 13.6. The molecule has 0 saturated carbocycles. The quantitative estimate of drug-likeness (QED) is 0.270. The molecule has 3 unspecified atom stereocenters. The molecule has 4 rings (SSSR count). The van der Waals surface area contributed by atoms with Crippen LogP contribution < -0.4 is 20.7 Å². The number of nitrogens with one attached hydrogen (secondary N) is 1. The second kappa shape index (κ2) is 15.0. The molecule has 2 aliphatic heterocycles. The minimum Gasteiger partial charge on any atom is -0.490 e. The van der Waals surface area contributed by atoms with Crippen LogP contribution in [0.2, 0.25) is 0 Å². The van der Waals surface area contributed by atoms with Crippen molar-refractivity contribution in [2.75, 3.05) is 37.7 Å². The number of ether oxygens (including phenoxy) is 2. The van der Waals surface area contributed by atoms with Crippen molar-refractivity contribution < 1.29 is 27.8 Å². The molecule has 2 aliphatic rings. The van der Waals surface area contributed by atoms with Crippen molar-refractivity contribution in [3.05, 3.63) is 47.8 Å². The lowest BCUT2D eigenvalue weighted by molar-refractivity contribution is 0.0504. The van der Waals surface area contributed by atoms with E-state index >= 15 is 0 Å². The number of urea groups is 1. The number of carbonyl (C=O) groups excluding carboxylic acids is 2. The maximum Gasteiger partial charge on any atom is 0.407 e. The molecule has 0 bridgehead atoms. The van der Waals surface area contributed by atoms with E-state index in [-0.39, 0.29) is 11.9 Å². The van der Waals surface area contributed by atoms with E-state index in [1.54, 1.807) is 38.1 Å². The molecule has 0 aliphatic carbocycles. The van der Waals surface area contributed by atoms with Crippen LogP contribution in [0.5, 0.6) is 5.75 Å². The van der Waals surface area contributed by atoms with Crippen LogP contribution in [0.3, 0.4) is 0 Å². The predicted molar refractivity (Wildman–Crippen MR) is 172 cm³/mol. The first-order valence-corrected chi connectivity index (χ1v) is 16.0. The Labute approximate surface area is 269 Å². The van der Waals surface area contributed by atoms with Crippen LogP contribution in [-0.2, 0) is 4.74 Å². The number of hydrogen-bond donors (Lipinski definition) is 2. The largest absolute Gasteiger partial charge is 0.490 e. The highest BCUT2D eigenvalue weighted by Crippen LogP contribution is 2.32. The van der Waals surface area contributed by atoms with Gasteiger partial charge in [0.25, 0.3) is 0 Å². The number of amides is 3. The van der Waals surface area contributed by atoms with Gasteiger partial charge < -0.3 is 30.3 Å². The summed E-state index contributed by atoms with van der Waals surface area (Å²) in [6, 6.07) is 2.68. The second-order valence-electron chi connectivity index (χ2n) is 13.6. The monoisotopic (exact) mass is 643 g/mol. The number of likely N-dealkylation sites (tertiary alicyclic amines) is 1. The van der Waals surface area contributed by atoms with Gasteiger partial charge in [0.05, 0.1) is 25.0 Å². The third-order valence-corrected chi connectivity index (χ3v) is 8.55. The van der Waals surface area contributed by atoms with Crippen molar-refractivity contribution >= 4 is 23.9 Å². The zero-order chi connectivity index (χ0) is 33.6. The summed E-state index contributed by atoms with van der Waals surface area (Å²) in [7, 11) is 0. The molecule has 3 amide bonds. The Balaban J connectivity index is 1.30. The number of aromatic nitrogens is 2. The van der Waals surface area contributed by atoms with Gasteiger partial charge >= 0.3 is 12.1 Å². The van der Waals surface area contributed by atoms with Crippen molar-refractivity contribution in [2.45, 2.75) is 78.4 Å². The normalized spacial score (nSPS) is 20.2. The summed E-state index contributed by atoms with van der Waals surface area (Å²) in [5.74, 6) is 0.388. The summed E-state index contributed by atoms with van der Waals surface area (Å²) in [6.07, 6.45) is 5.24. The molecule has 2 fully saturated rings. The van der Waals surface area contributed by atoms with Crippen LogP contribution >= 0.6 is 0 Å². The molecule has 252 valence electrons. The number of anilines is 1. The highest BCUT2D eigenvalue weighted by atomic mass is 19.1. The topological polar surface area (TPSA) is 135 Å². The molecule has 2 saturated heterocycles. The summed E-state index contributed by atoms with van der Waals surface area (Å²) in [5.41, 5.74) is 5.44. The van der Waals surface area contributed by atoms with Crippen LogP contribution in [0, 0.1) is 29.4 Å². The number of benzene rings is 1. The zero-order valence-corrected chi connectivity index (χ0v) is 27.6. The van der Waals surface area contributed by atoms with Gasteiger partial charge in [-0.2, -0.15) is 4.99 Å². The molecule has 0 radical (unpaired) electrons. The number of halogens is 2. The Kier molecular flexibility index (Phi) is 11.4. The number of alkyl carbamates (subject to hydrolysis) is 1. The van der Waals surface area contributed by atoms with Gasteiger partial charge in [0, 0.05) is 44.1 Å². The van der Waals surface area contributed by atoms with Gasteiger partial charge in [-0.1, -0.05) is 26.8 Å². The number of amidine groups is 1. The average molecular weight is 644 g/mol. The van der Waals surface area contributed by atoms with E-state index in [4.69, 9.17) is 15.2 Å². The first-order valence-electron chi connectivity index (χ1n) is 16.0. The molecular formula is C33H47F2N7O4. The summed E-state index contributed by atoms with van der Waals surface area (Å²) < 4.78 is 39.8. The number of nitrogens with zero attached hydrogens (tertiary/aromatic N) is 5. The van der Waals surface area contributed by atoms with Crippen molar-refractivity contribution in [3.63, 3.8) is 0 Å². The Hall–Kier alpha value is -4.03. The van der Waals surface area contributed by atoms with E-state index in [9.17, 15) is 18.4 Å². The molecule has 1 aromatic carbocycles. The lowest BCUT2D eigenvalue weighted by Crippen LogP contribution is -2.43. The average Bonchev–Trinajstić information content (AvgIpc) is 3.39. The van der Waals surface area contributed by atoms with Gasteiger partial charge in [-0.15, -0.1) is 0 Å². The van der Waals surface area contributed by atoms with Crippen LogP contribution in [-0.4, -0.2) is 77.3 Å². The van der Waals surface area contributed by atoms with Gasteiger partial charge in [0.1, 0.15) is 23.1 Å². The van der Waals surface area contributed by atoms with Crippen LogP contribution in [0.1, 0.15) is 72.3 Å². The van der Waals surface area contributed by atoms with Crippen molar-refractivity contribution in [2.24, 2.45) is 28.5 Å². The standard InChI is InChI=1S/C33H47F2N7O4/c1-20(2)29(36)40-31(43)41-12-9-22(10-13-41)21(3)11-14-45-24-16-37-30(38-17-24)42-18-26(25-8-7-23(34)15-27(25)35)28(19-42)39-32(44)46-33(4,5)6/h7-8,15-17,20-22,26,28H,9-14,18-19H2,1-6H3,(H,39,44)(H2,36,40,43). The van der Waals surface area contributed by atoms with Gasteiger partial charge in [0.15, 0.2) is 5.75 Å². The SMILES string of the molecule is CC(C)C(N)=NC(=O)N1CCC(C(C)CCOc2cnc(N3CC(NC(=O)OC(C)(C)C)C(c4ccc(F)cc4F)C3)nc2)CC1. The van der Waals surface area contributed by atoms with E-state index in [1.807, 2.05) is 18.7 Å². The first kappa shape index (κ1) is 34.8. The van der Waals surface area contributed by atoms with Crippen LogP contribution in [0.15, 0.2) is 35.6 Å². The van der Waals surface area contributed by atoms with Gasteiger partial charge in [-0.25, -0.2) is 28.3 Å². The lowest BCUT2D eigenvalue weighted by atomic mass is 9.84. The summed E-state index contributed by atoms with van der Waals surface area (Å²) in [5, 5.41) is 2.85.